The summed E-state index contributed by atoms with van der Waals surface area (Å²) in [5.74, 6) is 0. The largest absolute Gasteiger partial charge is 0.318 e. The first-order valence-corrected chi connectivity index (χ1v) is 10.5. The van der Waals surface area contributed by atoms with E-state index in [0.29, 0.717) is 0 Å². The fraction of sp³-hybridized carbons (Fsp3) is 0.222. The minimum Gasteiger partial charge on any atom is -0.318 e. The third kappa shape index (κ3) is 2.38. The van der Waals surface area contributed by atoms with Crippen LogP contribution in [0.2, 0.25) is 0 Å². The van der Waals surface area contributed by atoms with Crippen LogP contribution in [0.5, 0.6) is 0 Å². The van der Waals surface area contributed by atoms with E-state index in [1.54, 1.807) is 0 Å². The van der Waals surface area contributed by atoms with Crippen LogP contribution in [-0.4, -0.2) is 9.38 Å². The van der Waals surface area contributed by atoms with Gasteiger partial charge in [-0.3, -0.25) is 0 Å². The third-order valence-corrected chi connectivity index (χ3v) is 6.66. The number of benzene rings is 2. The molecule has 3 aromatic rings. The Morgan fingerprint density at radius 1 is 0.897 bits per heavy atom. The number of nitrogens with zero attached hydrogens (tertiary/aromatic N) is 2. The molecule has 3 heterocycles. The van der Waals surface area contributed by atoms with Gasteiger partial charge in [-0.25, -0.2) is 4.98 Å². The second kappa shape index (κ2) is 5.93. The monoisotopic (exact) mass is 376 g/mol. The zero-order chi connectivity index (χ0) is 19.6. The Hall–Kier alpha value is -3.13. The van der Waals surface area contributed by atoms with Crippen molar-refractivity contribution in [1.29, 1.82) is 0 Å². The van der Waals surface area contributed by atoms with Crippen LogP contribution in [0.25, 0.3) is 38.8 Å². The van der Waals surface area contributed by atoms with Gasteiger partial charge in [0.25, 0.3) is 0 Å². The zero-order valence-electron chi connectivity index (χ0n) is 16.9. The highest BCUT2D eigenvalue weighted by atomic mass is 14.9. The standard InChI is InChI=1S/C27H24N2/c1-27(2)15-8-12-21-22(18-9-4-3-5-10-18)17-24-25-20(14-16-29(24)26(21)27)19-11-6-7-13-23(19)28-25/h3-7,9-11,13-14,16-17H,8,12,15H2,1-2H3. The van der Waals surface area contributed by atoms with Gasteiger partial charge in [-0.1, -0.05) is 62.4 Å². The Labute approximate surface area is 171 Å². The fourth-order valence-electron chi connectivity index (χ4n) is 5.33. The van der Waals surface area contributed by atoms with Crippen molar-refractivity contribution in [3.05, 3.63) is 84.2 Å². The van der Waals surface area contributed by atoms with Gasteiger partial charge >= 0.3 is 0 Å². The van der Waals surface area contributed by atoms with Gasteiger partial charge in [-0.05, 0) is 54.2 Å². The SMILES string of the molecule is CC1(C)CCCc2c(-c3ccccc3)cc3c4nc5ccccc5c-4ccn3c21. The Morgan fingerprint density at radius 2 is 1.69 bits per heavy atom. The molecule has 2 heteroatoms. The second-order valence-electron chi connectivity index (χ2n) is 8.95. The molecule has 1 aromatic heterocycles. The van der Waals surface area contributed by atoms with Crippen molar-refractivity contribution in [1.82, 2.24) is 9.38 Å². The minimum absolute atomic E-state index is 0.140. The summed E-state index contributed by atoms with van der Waals surface area (Å²) in [5.41, 5.74) is 10.4. The molecule has 1 aliphatic carbocycles. The Balaban J connectivity index is 1.79. The molecule has 2 nitrogen and oxygen atoms in total. The molecule has 0 bridgehead atoms. The summed E-state index contributed by atoms with van der Waals surface area (Å²) in [6.45, 7) is 4.79. The van der Waals surface area contributed by atoms with E-state index in [9.17, 15) is 0 Å². The van der Waals surface area contributed by atoms with Crippen LogP contribution in [0.4, 0.5) is 0 Å². The molecule has 142 valence electrons. The molecule has 0 atom stereocenters. The van der Waals surface area contributed by atoms with Crippen LogP contribution in [0.1, 0.15) is 37.9 Å². The first kappa shape index (κ1) is 16.8. The Bertz CT molecular complexity index is 1340. The molecule has 0 spiro atoms. The molecular formula is C27H24N2. The third-order valence-electron chi connectivity index (χ3n) is 6.66. The average Bonchev–Trinajstić information content (AvgIpc) is 3.12. The first-order valence-electron chi connectivity index (χ1n) is 10.5. The fourth-order valence-corrected chi connectivity index (χ4v) is 5.33. The number of para-hydroxylation sites is 1. The molecule has 29 heavy (non-hydrogen) atoms. The van der Waals surface area contributed by atoms with Crippen LogP contribution in [0.3, 0.4) is 0 Å². The summed E-state index contributed by atoms with van der Waals surface area (Å²) < 4.78 is 2.43. The van der Waals surface area contributed by atoms with Gasteiger partial charge in [-0.15, -0.1) is 0 Å². The summed E-state index contributed by atoms with van der Waals surface area (Å²) >= 11 is 0. The van der Waals surface area contributed by atoms with E-state index in [1.165, 1.54) is 51.7 Å². The van der Waals surface area contributed by atoms with Crippen molar-refractivity contribution >= 4 is 16.4 Å². The van der Waals surface area contributed by atoms with Crippen LogP contribution < -0.4 is 0 Å². The lowest BCUT2D eigenvalue weighted by Crippen LogP contribution is -2.28. The molecule has 0 saturated carbocycles. The average molecular weight is 377 g/mol. The molecule has 0 N–H and O–H groups in total. The predicted octanol–water partition coefficient (Wildman–Crippen LogP) is 6.87. The molecule has 0 unspecified atom stereocenters. The molecule has 0 amide bonds. The van der Waals surface area contributed by atoms with Gasteiger partial charge in [0.15, 0.2) is 0 Å². The normalized spacial score (nSPS) is 15.8. The van der Waals surface area contributed by atoms with Crippen molar-refractivity contribution < 1.29 is 0 Å². The van der Waals surface area contributed by atoms with Crippen LogP contribution in [-0.2, 0) is 11.8 Å². The highest BCUT2D eigenvalue weighted by molar-refractivity contribution is 6.02. The topological polar surface area (TPSA) is 17.3 Å². The highest BCUT2D eigenvalue weighted by Gasteiger charge is 2.32. The first-order chi connectivity index (χ1) is 14.1. The summed E-state index contributed by atoms with van der Waals surface area (Å²) in [6, 6.07) is 24.0. The van der Waals surface area contributed by atoms with Crippen LogP contribution in [0.15, 0.2) is 72.9 Å². The van der Waals surface area contributed by atoms with Gasteiger partial charge in [0.2, 0.25) is 0 Å². The molecule has 0 fully saturated rings. The van der Waals surface area contributed by atoms with Crippen molar-refractivity contribution in [2.75, 3.05) is 0 Å². The molecule has 0 radical (unpaired) electrons. The van der Waals surface area contributed by atoms with E-state index in [4.69, 9.17) is 4.98 Å². The summed E-state index contributed by atoms with van der Waals surface area (Å²) in [7, 11) is 0. The van der Waals surface area contributed by atoms with Crippen molar-refractivity contribution in [2.45, 2.75) is 38.5 Å². The maximum absolute atomic E-state index is 5.05. The molecule has 0 saturated heterocycles. The van der Waals surface area contributed by atoms with Gasteiger partial charge in [0.05, 0.1) is 16.7 Å². The minimum atomic E-state index is 0.140. The van der Waals surface area contributed by atoms with E-state index in [0.717, 1.165) is 17.6 Å². The smallest absolute Gasteiger partial charge is 0.0957 e. The quantitative estimate of drug-likeness (QED) is 0.312. The van der Waals surface area contributed by atoms with E-state index in [-0.39, 0.29) is 5.41 Å². The van der Waals surface area contributed by atoms with Gasteiger partial charge in [0.1, 0.15) is 0 Å². The van der Waals surface area contributed by atoms with E-state index in [1.807, 2.05) is 0 Å². The van der Waals surface area contributed by atoms with E-state index >= 15 is 0 Å². The lowest BCUT2D eigenvalue weighted by atomic mass is 9.73. The number of hydrogen-bond donors (Lipinski definition) is 0. The maximum Gasteiger partial charge on any atom is 0.0957 e. The Morgan fingerprint density at radius 3 is 2.55 bits per heavy atom. The van der Waals surface area contributed by atoms with Crippen molar-refractivity contribution in [3.8, 4) is 22.4 Å². The zero-order valence-corrected chi connectivity index (χ0v) is 16.9. The number of pyridine rings is 2. The van der Waals surface area contributed by atoms with Gasteiger partial charge in [0, 0.05) is 28.3 Å². The molecule has 6 rings (SSSR count). The lowest BCUT2D eigenvalue weighted by Gasteiger charge is -2.35. The summed E-state index contributed by atoms with van der Waals surface area (Å²) in [4.78, 5) is 5.05. The molecule has 2 aromatic carbocycles. The van der Waals surface area contributed by atoms with Gasteiger partial charge < -0.3 is 4.40 Å². The van der Waals surface area contributed by atoms with Crippen LogP contribution >= 0.6 is 0 Å². The van der Waals surface area contributed by atoms with Crippen LogP contribution in [0, 0.1) is 0 Å². The number of rotatable bonds is 1. The van der Waals surface area contributed by atoms with E-state index in [2.05, 4.69) is 91.2 Å². The molecule has 2 aliphatic heterocycles. The second-order valence-corrected chi connectivity index (χ2v) is 8.95. The molecule has 3 aliphatic rings. The number of hydrogen-bond acceptors (Lipinski definition) is 1. The predicted molar refractivity (Wildman–Crippen MR) is 121 cm³/mol. The number of fused-ring (bicyclic) bond motifs is 7. The highest BCUT2D eigenvalue weighted by Crippen LogP contribution is 2.44. The summed E-state index contributed by atoms with van der Waals surface area (Å²) in [5, 5.41) is 1.24. The Kier molecular flexibility index (Phi) is 3.44. The van der Waals surface area contributed by atoms with Gasteiger partial charge in [-0.2, -0.15) is 0 Å². The number of aromatic nitrogens is 2. The van der Waals surface area contributed by atoms with E-state index < -0.39 is 0 Å². The summed E-state index contributed by atoms with van der Waals surface area (Å²) in [6.07, 6.45) is 5.87. The molecular weight excluding hydrogens is 352 g/mol. The maximum atomic E-state index is 5.05. The van der Waals surface area contributed by atoms with Crippen molar-refractivity contribution in [3.63, 3.8) is 0 Å². The lowest BCUT2D eigenvalue weighted by molar-refractivity contribution is 0.414. The van der Waals surface area contributed by atoms with Crippen molar-refractivity contribution in [2.24, 2.45) is 0 Å².